The molecule has 0 bridgehead atoms. The lowest BCUT2D eigenvalue weighted by Crippen LogP contribution is -2.66. The summed E-state index contributed by atoms with van der Waals surface area (Å²) in [5.41, 5.74) is 15.3. The van der Waals surface area contributed by atoms with Gasteiger partial charge in [0.1, 0.15) is 0 Å². The molecule has 0 spiro atoms. The van der Waals surface area contributed by atoms with Crippen molar-refractivity contribution in [2.75, 3.05) is 9.80 Å². The Morgan fingerprint density at radius 2 is 1.28 bits per heavy atom. The Kier molecular flexibility index (Phi) is 4.20. The van der Waals surface area contributed by atoms with E-state index in [2.05, 4.69) is 121 Å². The summed E-state index contributed by atoms with van der Waals surface area (Å²) in [7, 11) is 0. The molecular weight excluding hydrogens is 471 g/mol. The summed E-state index contributed by atoms with van der Waals surface area (Å²) in [6.45, 7) is 22.5. The zero-order valence-electron chi connectivity index (χ0n) is 25.4. The molecule has 4 aliphatic heterocycles. The van der Waals surface area contributed by atoms with Crippen LogP contribution in [0.5, 0.6) is 0 Å². The van der Waals surface area contributed by atoms with E-state index in [1.54, 1.807) is 11.0 Å². The van der Waals surface area contributed by atoms with Crippen molar-refractivity contribution < 1.29 is 0 Å². The van der Waals surface area contributed by atoms with E-state index in [4.69, 9.17) is 0 Å². The van der Waals surface area contributed by atoms with Crippen LogP contribution >= 0.6 is 0 Å². The van der Waals surface area contributed by atoms with Gasteiger partial charge in [-0.1, -0.05) is 90.8 Å². The second-order valence-electron chi connectivity index (χ2n) is 15.8. The number of fused-ring (bicyclic) bond motifs is 7. The summed E-state index contributed by atoms with van der Waals surface area (Å²) < 4.78 is 0. The molecule has 0 N–H and O–H groups in total. The molecule has 8 rings (SSSR count). The van der Waals surface area contributed by atoms with Gasteiger partial charge in [-0.3, -0.25) is 0 Å². The fraction of sp³-hybridized carbons (Fsp3) is 0.500. The smallest absolute Gasteiger partial charge is 0.252 e. The molecule has 3 aromatic rings. The molecule has 0 radical (unpaired) electrons. The summed E-state index contributed by atoms with van der Waals surface area (Å²) in [6, 6.07) is 19.7. The van der Waals surface area contributed by atoms with Crippen molar-refractivity contribution in [3.05, 3.63) is 65.2 Å². The third-order valence-electron chi connectivity index (χ3n) is 12.6. The highest BCUT2D eigenvalue weighted by molar-refractivity contribution is 7.00. The predicted molar refractivity (Wildman–Crippen MR) is 168 cm³/mol. The van der Waals surface area contributed by atoms with Crippen molar-refractivity contribution in [1.82, 2.24) is 0 Å². The highest BCUT2D eigenvalue weighted by atomic mass is 15.3. The minimum atomic E-state index is -0.0446. The first-order chi connectivity index (χ1) is 18.2. The Morgan fingerprint density at radius 1 is 0.718 bits per heavy atom. The van der Waals surface area contributed by atoms with E-state index < -0.39 is 0 Å². The predicted octanol–water partition coefficient (Wildman–Crippen LogP) is 7.08. The Bertz CT molecular complexity index is 1610. The Balaban J connectivity index is 1.56. The fourth-order valence-electron chi connectivity index (χ4n) is 9.46. The van der Waals surface area contributed by atoms with Crippen molar-refractivity contribution in [3.8, 4) is 0 Å². The van der Waals surface area contributed by atoms with Crippen LogP contribution in [0.25, 0.3) is 0 Å². The van der Waals surface area contributed by atoms with Crippen molar-refractivity contribution in [3.63, 3.8) is 0 Å². The standard InChI is InChI=1S/C36H43BN2/c1-32(2,3)22-20-27-29-28(21-22)39-31-24(35(8)18-10-11-19-36(35,39)9)15-13-17-26(31)37(29)25-16-12-14-23-30(25)38(27)34(6,7)33(23,4)5/h12-17,20-21H,10-11,18-19H2,1-9H3. The molecule has 2 nitrogen and oxygen atoms in total. The van der Waals surface area contributed by atoms with E-state index in [1.807, 2.05) is 0 Å². The van der Waals surface area contributed by atoms with Gasteiger partial charge in [-0.2, -0.15) is 0 Å². The van der Waals surface area contributed by atoms with E-state index in [0.29, 0.717) is 0 Å². The molecule has 0 saturated heterocycles. The van der Waals surface area contributed by atoms with Gasteiger partial charge in [-0.25, -0.2) is 0 Å². The van der Waals surface area contributed by atoms with Gasteiger partial charge in [0.2, 0.25) is 0 Å². The molecule has 1 saturated carbocycles. The molecule has 2 atom stereocenters. The molecule has 0 aromatic heterocycles. The van der Waals surface area contributed by atoms with Gasteiger partial charge in [-0.05, 0) is 84.2 Å². The molecule has 4 heterocycles. The Morgan fingerprint density at radius 3 is 1.92 bits per heavy atom. The minimum absolute atomic E-state index is 0.0335. The van der Waals surface area contributed by atoms with Gasteiger partial charge >= 0.3 is 0 Å². The van der Waals surface area contributed by atoms with Gasteiger partial charge in [0.05, 0.1) is 5.54 Å². The van der Waals surface area contributed by atoms with Crippen molar-refractivity contribution in [1.29, 1.82) is 0 Å². The van der Waals surface area contributed by atoms with Gasteiger partial charge in [0, 0.05) is 39.1 Å². The summed E-state index contributed by atoms with van der Waals surface area (Å²) in [4.78, 5) is 5.63. The largest absolute Gasteiger partial charge is 0.336 e. The topological polar surface area (TPSA) is 6.48 Å². The first kappa shape index (κ1) is 24.1. The second kappa shape index (κ2) is 6.78. The first-order valence-electron chi connectivity index (χ1n) is 15.3. The lowest BCUT2D eigenvalue weighted by molar-refractivity contribution is 0.195. The number of nitrogens with zero attached hydrogens (tertiary/aromatic N) is 2. The van der Waals surface area contributed by atoms with Crippen LogP contribution in [-0.4, -0.2) is 17.8 Å². The van der Waals surface area contributed by atoms with Crippen LogP contribution in [0.3, 0.4) is 0 Å². The van der Waals surface area contributed by atoms with E-state index in [-0.39, 0.29) is 34.0 Å². The summed E-state index contributed by atoms with van der Waals surface area (Å²) in [5.74, 6) is 0. The van der Waals surface area contributed by atoms with Crippen LogP contribution in [0.1, 0.15) is 105 Å². The minimum Gasteiger partial charge on any atom is -0.336 e. The molecule has 2 unspecified atom stereocenters. The SMILES string of the molecule is CC(C)(C)c1cc2c3c(c1)N1c4c(cccc4C4(C)CCCCC14C)B3c1cccc3c1N2C(C)(C)C3(C)C. The zero-order valence-corrected chi connectivity index (χ0v) is 25.4. The quantitative estimate of drug-likeness (QED) is 0.296. The van der Waals surface area contributed by atoms with E-state index >= 15 is 0 Å². The average Bonchev–Trinajstić information content (AvgIpc) is 3.19. The van der Waals surface area contributed by atoms with Crippen LogP contribution in [0, 0.1) is 0 Å². The molecule has 0 amide bonds. The van der Waals surface area contributed by atoms with Crippen LogP contribution in [0.2, 0.25) is 0 Å². The highest BCUT2D eigenvalue weighted by Crippen LogP contribution is 2.63. The number of rotatable bonds is 0. The molecule has 3 aromatic carbocycles. The van der Waals surface area contributed by atoms with Crippen LogP contribution in [0.4, 0.5) is 22.7 Å². The summed E-state index contributed by atoms with van der Waals surface area (Å²) in [5, 5.41) is 0. The second-order valence-corrected chi connectivity index (χ2v) is 15.8. The van der Waals surface area contributed by atoms with Gasteiger partial charge < -0.3 is 9.80 Å². The molecule has 200 valence electrons. The molecule has 1 aliphatic carbocycles. The maximum atomic E-state index is 2.87. The van der Waals surface area contributed by atoms with Gasteiger partial charge in [0.25, 0.3) is 6.71 Å². The van der Waals surface area contributed by atoms with E-state index in [1.165, 1.54) is 70.5 Å². The maximum absolute atomic E-state index is 2.87. The summed E-state index contributed by atoms with van der Waals surface area (Å²) in [6.07, 6.45) is 5.17. The van der Waals surface area contributed by atoms with Gasteiger partial charge in [0.15, 0.2) is 0 Å². The van der Waals surface area contributed by atoms with Crippen molar-refractivity contribution in [2.24, 2.45) is 0 Å². The fourth-order valence-corrected chi connectivity index (χ4v) is 9.46. The number of hydrogen-bond donors (Lipinski definition) is 0. The van der Waals surface area contributed by atoms with Crippen LogP contribution in [-0.2, 0) is 16.2 Å². The van der Waals surface area contributed by atoms with Crippen molar-refractivity contribution >= 4 is 45.9 Å². The van der Waals surface area contributed by atoms with Gasteiger partial charge in [-0.15, -0.1) is 0 Å². The zero-order chi connectivity index (χ0) is 27.5. The third-order valence-corrected chi connectivity index (χ3v) is 12.6. The third kappa shape index (κ3) is 2.46. The van der Waals surface area contributed by atoms with E-state index in [9.17, 15) is 0 Å². The number of hydrogen-bond acceptors (Lipinski definition) is 2. The monoisotopic (exact) mass is 514 g/mol. The molecule has 3 heteroatoms. The van der Waals surface area contributed by atoms with E-state index in [0.717, 1.165) is 0 Å². The molecule has 39 heavy (non-hydrogen) atoms. The van der Waals surface area contributed by atoms with Crippen molar-refractivity contribution in [2.45, 2.75) is 115 Å². The Hall–Kier alpha value is -2.68. The molecule has 5 aliphatic rings. The summed E-state index contributed by atoms with van der Waals surface area (Å²) >= 11 is 0. The van der Waals surface area contributed by atoms with Crippen LogP contribution in [0.15, 0.2) is 48.5 Å². The lowest BCUT2D eigenvalue weighted by atomic mass is 9.33. The molecular formula is C36H43BN2. The lowest BCUT2D eigenvalue weighted by Gasteiger charge is -2.53. The Labute approximate surface area is 235 Å². The first-order valence-corrected chi connectivity index (χ1v) is 15.3. The number of benzene rings is 3. The van der Waals surface area contributed by atoms with Crippen LogP contribution < -0.4 is 26.2 Å². The maximum Gasteiger partial charge on any atom is 0.252 e. The number of para-hydroxylation sites is 2. The number of anilines is 4. The molecule has 1 fully saturated rings. The normalized spacial score (nSPS) is 28.2. The average molecular weight is 515 g/mol. The highest BCUT2D eigenvalue weighted by Gasteiger charge is 2.63.